The lowest BCUT2D eigenvalue weighted by molar-refractivity contribution is 0.538. The van der Waals surface area contributed by atoms with Gasteiger partial charge >= 0.3 is 0 Å². The molecule has 0 spiro atoms. The van der Waals surface area contributed by atoms with E-state index in [9.17, 15) is 8.78 Å². The lowest BCUT2D eigenvalue weighted by atomic mass is 10.1. The third kappa shape index (κ3) is 4.40. The Hall–Kier alpha value is -1.16. The van der Waals surface area contributed by atoms with E-state index in [0.717, 1.165) is 6.54 Å². The summed E-state index contributed by atoms with van der Waals surface area (Å²) in [6, 6.07) is 3.29. The van der Waals surface area contributed by atoms with Crippen molar-refractivity contribution in [3.05, 3.63) is 29.3 Å². The van der Waals surface area contributed by atoms with Gasteiger partial charge in [0, 0.05) is 25.2 Å². The van der Waals surface area contributed by atoms with E-state index in [-0.39, 0.29) is 17.8 Å². The molecule has 1 aromatic rings. The number of halogens is 2. The first kappa shape index (κ1) is 16.2. The molecule has 21 heavy (non-hydrogen) atoms. The highest BCUT2D eigenvalue weighted by Crippen LogP contribution is 2.34. The Morgan fingerprint density at radius 3 is 2.14 bits per heavy atom. The summed E-state index contributed by atoms with van der Waals surface area (Å²) in [5.74, 6) is -0.316. The quantitative estimate of drug-likeness (QED) is 0.815. The van der Waals surface area contributed by atoms with Crippen LogP contribution in [0.15, 0.2) is 12.1 Å². The van der Waals surface area contributed by atoms with Crippen LogP contribution in [0.4, 0.5) is 14.5 Å². The zero-order chi connectivity index (χ0) is 15.6. The molecule has 0 aliphatic heterocycles. The summed E-state index contributed by atoms with van der Waals surface area (Å²) >= 11 is 0. The fourth-order valence-electron chi connectivity index (χ4n) is 2.46. The summed E-state index contributed by atoms with van der Waals surface area (Å²) in [6.07, 6.45) is 2.34. The van der Waals surface area contributed by atoms with Gasteiger partial charge in [0.25, 0.3) is 0 Å². The molecule has 1 fully saturated rings. The van der Waals surface area contributed by atoms with E-state index in [1.807, 2.05) is 32.6 Å². The number of benzene rings is 1. The van der Waals surface area contributed by atoms with Gasteiger partial charge in [0.15, 0.2) is 0 Å². The highest BCUT2D eigenvalue weighted by molar-refractivity contribution is 5.51. The zero-order valence-electron chi connectivity index (χ0n) is 13.4. The smallest absolute Gasteiger partial charge is 0.149 e. The summed E-state index contributed by atoms with van der Waals surface area (Å²) in [5, 5.41) is 3.18. The molecule has 0 radical (unpaired) electrons. The van der Waals surface area contributed by atoms with Crippen LogP contribution >= 0.6 is 0 Å². The molecule has 0 heterocycles. The average Bonchev–Trinajstić information content (AvgIpc) is 3.18. The minimum atomic E-state index is -0.454. The normalized spacial score (nSPS) is 15.0. The number of hydrogen-bond acceptors (Lipinski definition) is 2. The fourth-order valence-corrected chi connectivity index (χ4v) is 2.46. The average molecular weight is 296 g/mol. The van der Waals surface area contributed by atoms with Crippen LogP contribution in [0.2, 0.25) is 0 Å². The van der Waals surface area contributed by atoms with Crippen molar-refractivity contribution in [1.82, 2.24) is 5.32 Å². The minimum absolute atomic E-state index is 0.0919. The van der Waals surface area contributed by atoms with Gasteiger partial charge in [-0.25, -0.2) is 8.78 Å². The third-order valence-electron chi connectivity index (χ3n) is 3.85. The van der Waals surface area contributed by atoms with Crippen molar-refractivity contribution >= 4 is 5.69 Å². The number of anilines is 1. The largest absolute Gasteiger partial charge is 0.364 e. The van der Waals surface area contributed by atoms with Gasteiger partial charge in [-0.05, 0) is 50.3 Å². The maximum Gasteiger partial charge on any atom is 0.149 e. The Balaban J connectivity index is 2.21. The molecule has 0 aromatic heterocycles. The molecular weight excluding hydrogens is 270 g/mol. The van der Waals surface area contributed by atoms with Crippen LogP contribution in [0, 0.1) is 17.6 Å². The SMILES string of the molecule is CC(C)NCc1cc(F)c(N(CC2CC2)C(C)C)c(F)c1. The van der Waals surface area contributed by atoms with E-state index in [0.29, 0.717) is 18.0 Å². The molecule has 2 nitrogen and oxygen atoms in total. The second-order valence-corrected chi connectivity index (χ2v) is 6.63. The van der Waals surface area contributed by atoms with Crippen LogP contribution in [0.5, 0.6) is 0 Å². The van der Waals surface area contributed by atoms with E-state index in [4.69, 9.17) is 0 Å². The predicted molar refractivity (Wildman–Crippen MR) is 83.5 cm³/mol. The molecule has 0 bridgehead atoms. The maximum atomic E-state index is 14.4. The van der Waals surface area contributed by atoms with E-state index < -0.39 is 11.6 Å². The first-order valence-electron chi connectivity index (χ1n) is 7.86. The fraction of sp³-hybridized carbons (Fsp3) is 0.647. The van der Waals surface area contributed by atoms with Gasteiger partial charge in [-0.15, -0.1) is 0 Å². The molecule has 0 atom stereocenters. The van der Waals surface area contributed by atoms with E-state index in [2.05, 4.69) is 5.32 Å². The van der Waals surface area contributed by atoms with Gasteiger partial charge in [-0.1, -0.05) is 13.8 Å². The molecule has 1 N–H and O–H groups in total. The Kier molecular flexibility index (Phi) is 5.20. The maximum absolute atomic E-state index is 14.4. The molecule has 1 aromatic carbocycles. The standard InChI is InChI=1S/C17H26F2N2/c1-11(2)20-9-14-7-15(18)17(16(19)8-14)21(12(3)4)10-13-5-6-13/h7-8,11-13,20H,5-6,9-10H2,1-4H3. The Morgan fingerprint density at radius 1 is 1.14 bits per heavy atom. The van der Waals surface area contributed by atoms with Crippen molar-refractivity contribution in [3.8, 4) is 0 Å². The van der Waals surface area contributed by atoms with Gasteiger partial charge in [0.05, 0.1) is 0 Å². The van der Waals surface area contributed by atoms with Gasteiger partial charge in [-0.2, -0.15) is 0 Å². The highest BCUT2D eigenvalue weighted by Gasteiger charge is 2.28. The number of rotatable bonds is 7. The van der Waals surface area contributed by atoms with Crippen LogP contribution < -0.4 is 10.2 Å². The van der Waals surface area contributed by atoms with Crippen molar-refractivity contribution < 1.29 is 8.78 Å². The predicted octanol–water partition coefficient (Wildman–Crippen LogP) is 4.09. The molecular formula is C17H26F2N2. The first-order chi connectivity index (χ1) is 9.88. The highest BCUT2D eigenvalue weighted by atomic mass is 19.1. The third-order valence-corrected chi connectivity index (χ3v) is 3.85. The molecule has 118 valence electrons. The molecule has 4 heteroatoms. The molecule has 1 saturated carbocycles. The minimum Gasteiger partial charge on any atom is -0.364 e. The summed E-state index contributed by atoms with van der Waals surface area (Å²) in [7, 11) is 0. The van der Waals surface area contributed by atoms with Crippen molar-refractivity contribution in [3.63, 3.8) is 0 Å². The van der Waals surface area contributed by atoms with Crippen LogP contribution in [-0.2, 0) is 6.54 Å². The molecule has 0 amide bonds. The van der Waals surface area contributed by atoms with Gasteiger partial charge in [-0.3, -0.25) is 0 Å². The van der Waals surface area contributed by atoms with Crippen molar-refractivity contribution in [2.45, 2.75) is 59.2 Å². The van der Waals surface area contributed by atoms with E-state index >= 15 is 0 Å². The monoisotopic (exact) mass is 296 g/mol. The van der Waals surface area contributed by atoms with E-state index in [1.54, 1.807) is 0 Å². The van der Waals surface area contributed by atoms with Gasteiger partial charge in [0.2, 0.25) is 0 Å². The second-order valence-electron chi connectivity index (χ2n) is 6.63. The summed E-state index contributed by atoms with van der Waals surface area (Å²) < 4.78 is 28.8. The van der Waals surface area contributed by atoms with Crippen LogP contribution in [0.3, 0.4) is 0 Å². The topological polar surface area (TPSA) is 15.3 Å². The Bertz CT molecular complexity index is 459. The van der Waals surface area contributed by atoms with Crippen molar-refractivity contribution in [2.75, 3.05) is 11.4 Å². The first-order valence-corrected chi connectivity index (χ1v) is 7.86. The van der Waals surface area contributed by atoms with Crippen molar-refractivity contribution in [1.29, 1.82) is 0 Å². The van der Waals surface area contributed by atoms with Crippen LogP contribution in [0.25, 0.3) is 0 Å². The lowest BCUT2D eigenvalue weighted by Crippen LogP contribution is -2.34. The molecule has 1 aliphatic carbocycles. The van der Waals surface area contributed by atoms with Crippen LogP contribution in [0.1, 0.15) is 46.1 Å². The van der Waals surface area contributed by atoms with Crippen molar-refractivity contribution in [2.24, 2.45) is 5.92 Å². The Labute approximate surface area is 126 Å². The summed E-state index contributed by atoms with van der Waals surface area (Å²) in [4.78, 5) is 1.86. The van der Waals surface area contributed by atoms with Gasteiger partial charge in [0.1, 0.15) is 17.3 Å². The van der Waals surface area contributed by atoms with E-state index in [1.165, 1.54) is 25.0 Å². The van der Waals surface area contributed by atoms with Crippen LogP contribution in [-0.4, -0.2) is 18.6 Å². The number of nitrogens with zero attached hydrogens (tertiary/aromatic N) is 1. The Morgan fingerprint density at radius 2 is 1.71 bits per heavy atom. The molecule has 0 saturated heterocycles. The zero-order valence-corrected chi connectivity index (χ0v) is 13.4. The molecule has 1 aliphatic rings. The lowest BCUT2D eigenvalue weighted by Gasteiger charge is -2.30. The van der Waals surface area contributed by atoms with Gasteiger partial charge < -0.3 is 10.2 Å². The molecule has 2 rings (SSSR count). The molecule has 0 unspecified atom stereocenters. The summed E-state index contributed by atoms with van der Waals surface area (Å²) in [6.45, 7) is 9.21. The number of nitrogens with one attached hydrogen (secondary N) is 1. The summed E-state index contributed by atoms with van der Waals surface area (Å²) in [5.41, 5.74) is 0.780. The second kappa shape index (κ2) is 6.73. The number of hydrogen-bond donors (Lipinski definition) is 1.